The molecule has 1 saturated heterocycles. The van der Waals surface area contributed by atoms with Gasteiger partial charge in [0.25, 0.3) is 0 Å². The maximum absolute atomic E-state index is 12.0. The van der Waals surface area contributed by atoms with Gasteiger partial charge in [-0.2, -0.15) is 5.10 Å². The van der Waals surface area contributed by atoms with Crippen LogP contribution in [0.1, 0.15) is 12.8 Å². The summed E-state index contributed by atoms with van der Waals surface area (Å²) in [5.41, 5.74) is 6.17. The summed E-state index contributed by atoms with van der Waals surface area (Å²) < 4.78 is 0. The average molecular weight is 323 g/mol. The lowest BCUT2D eigenvalue weighted by Gasteiger charge is -2.16. The molecule has 1 aliphatic rings. The summed E-state index contributed by atoms with van der Waals surface area (Å²) in [6.45, 7) is 1.77. The summed E-state index contributed by atoms with van der Waals surface area (Å²) in [6.07, 6.45) is 7.53. The molecule has 0 saturated carbocycles. The highest BCUT2D eigenvalue weighted by molar-refractivity contribution is 5.90. The maximum Gasteiger partial charge on any atom is 0.334 e. The van der Waals surface area contributed by atoms with Crippen molar-refractivity contribution in [2.45, 2.75) is 12.8 Å². The SMILES string of the molecule is O=C(Nc1ccc2ncc(-c3cn[nH]c3)cc2n1)NN1CCCC1. The molecular formula is C16H17N7O. The fraction of sp³-hybridized carbons (Fsp3) is 0.250. The van der Waals surface area contributed by atoms with E-state index in [0.29, 0.717) is 11.3 Å². The molecule has 0 atom stereocenters. The van der Waals surface area contributed by atoms with Crippen LogP contribution in [-0.2, 0) is 0 Å². The van der Waals surface area contributed by atoms with Crippen molar-refractivity contribution >= 4 is 22.9 Å². The largest absolute Gasteiger partial charge is 0.334 e. The number of aromatic nitrogens is 4. The summed E-state index contributed by atoms with van der Waals surface area (Å²) in [4.78, 5) is 20.9. The third-order valence-electron chi connectivity index (χ3n) is 3.98. The lowest BCUT2D eigenvalue weighted by Crippen LogP contribution is -2.42. The molecule has 4 rings (SSSR count). The Morgan fingerprint density at radius 3 is 2.79 bits per heavy atom. The van der Waals surface area contributed by atoms with Crippen molar-refractivity contribution in [2.24, 2.45) is 0 Å². The predicted molar refractivity (Wildman–Crippen MR) is 90.1 cm³/mol. The van der Waals surface area contributed by atoms with E-state index in [4.69, 9.17) is 0 Å². The van der Waals surface area contributed by atoms with Gasteiger partial charge in [-0.15, -0.1) is 0 Å². The molecule has 3 aromatic heterocycles. The molecule has 24 heavy (non-hydrogen) atoms. The Hall–Kier alpha value is -3.00. The number of hydrazine groups is 1. The Labute approximate surface area is 138 Å². The lowest BCUT2D eigenvalue weighted by atomic mass is 10.1. The average Bonchev–Trinajstić information content (AvgIpc) is 3.27. The summed E-state index contributed by atoms with van der Waals surface area (Å²) in [5.74, 6) is 0.491. The highest BCUT2D eigenvalue weighted by atomic mass is 16.2. The highest BCUT2D eigenvalue weighted by Crippen LogP contribution is 2.21. The van der Waals surface area contributed by atoms with Gasteiger partial charge >= 0.3 is 6.03 Å². The summed E-state index contributed by atoms with van der Waals surface area (Å²) in [5, 5.41) is 11.4. The van der Waals surface area contributed by atoms with Crippen LogP contribution in [0.2, 0.25) is 0 Å². The van der Waals surface area contributed by atoms with Crippen LogP contribution >= 0.6 is 0 Å². The minimum atomic E-state index is -0.275. The van der Waals surface area contributed by atoms with Gasteiger partial charge in [0.15, 0.2) is 0 Å². The molecule has 8 nitrogen and oxygen atoms in total. The second-order valence-electron chi connectivity index (χ2n) is 5.71. The Morgan fingerprint density at radius 2 is 2.00 bits per heavy atom. The first-order valence-corrected chi connectivity index (χ1v) is 7.86. The zero-order chi connectivity index (χ0) is 16.4. The normalized spacial score (nSPS) is 14.8. The zero-order valence-corrected chi connectivity index (χ0v) is 13.0. The molecule has 0 radical (unpaired) electrons. The number of H-pyrrole nitrogens is 1. The number of aromatic amines is 1. The first kappa shape index (κ1) is 14.6. The molecule has 0 bridgehead atoms. The molecule has 3 aromatic rings. The van der Waals surface area contributed by atoms with Crippen molar-refractivity contribution in [1.29, 1.82) is 0 Å². The van der Waals surface area contributed by atoms with Crippen molar-refractivity contribution in [3.05, 3.63) is 36.8 Å². The van der Waals surface area contributed by atoms with E-state index in [2.05, 4.69) is 30.9 Å². The van der Waals surface area contributed by atoms with Crippen LogP contribution in [0.4, 0.5) is 10.6 Å². The van der Waals surface area contributed by atoms with E-state index in [-0.39, 0.29) is 6.03 Å². The molecule has 122 valence electrons. The molecule has 0 aromatic carbocycles. The highest BCUT2D eigenvalue weighted by Gasteiger charge is 2.14. The molecule has 1 aliphatic heterocycles. The van der Waals surface area contributed by atoms with Gasteiger partial charge in [0, 0.05) is 36.6 Å². The number of pyridine rings is 2. The fourth-order valence-corrected chi connectivity index (χ4v) is 2.76. The van der Waals surface area contributed by atoms with Crippen LogP contribution in [-0.4, -0.2) is 44.3 Å². The first-order valence-electron chi connectivity index (χ1n) is 7.86. The Balaban J connectivity index is 1.54. The van der Waals surface area contributed by atoms with Gasteiger partial charge in [-0.25, -0.2) is 14.8 Å². The molecule has 2 amide bonds. The number of nitrogens with one attached hydrogen (secondary N) is 3. The number of anilines is 1. The van der Waals surface area contributed by atoms with E-state index < -0.39 is 0 Å². The van der Waals surface area contributed by atoms with Crippen LogP contribution in [0, 0.1) is 0 Å². The minimum absolute atomic E-state index is 0.275. The molecule has 4 heterocycles. The summed E-state index contributed by atoms with van der Waals surface area (Å²) in [7, 11) is 0. The van der Waals surface area contributed by atoms with Gasteiger partial charge in [-0.05, 0) is 31.0 Å². The molecule has 0 unspecified atom stereocenters. The molecule has 0 aliphatic carbocycles. The van der Waals surface area contributed by atoms with Crippen molar-refractivity contribution in [1.82, 2.24) is 30.6 Å². The minimum Gasteiger partial charge on any atom is -0.291 e. The number of hydrogen-bond donors (Lipinski definition) is 3. The third-order valence-corrected chi connectivity index (χ3v) is 3.98. The van der Waals surface area contributed by atoms with Gasteiger partial charge < -0.3 is 0 Å². The van der Waals surface area contributed by atoms with E-state index in [9.17, 15) is 4.79 Å². The van der Waals surface area contributed by atoms with Gasteiger partial charge in [0.1, 0.15) is 5.82 Å². The van der Waals surface area contributed by atoms with Crippen molar-refractivity contribution in [3.63, 3.8) is 0 Å². The number of carbonyl (C=O) groups excluding carboxylic acids is 1. The number of carbonyl (C=O) groups is 1. The first-order chi connectivity index (χ1) is 11.8. The summed E-state index contributed by atoms with van der Waals surface area (Å²) in [6, 6.07) is 5.24. The smallest absolute Gasteiger partial charge is 0.291 e. The number of rotatable bonds is 3. The monoisotopic (exact) mass is 323 g/mol. The maximum atomic E-state index is 12.0. The molecule has 1 fully saturated rings. The number of hydrogen-bond acceptors (Lipinski definition) is 5. The second-order valence-corrected chi connectivity index (χ2v) is 5.71. The Morgan fingerprint density at radius 1 is 1.12 bits per heavy atom. The van der Waals surface area contributed by atoms with Gasteiger partial charge in [-0.1, -0.05) is 0 Å². The lowest BCUT2D eigenvalue weighted by molar-refractivity contribution is 0.209. The van der Waals surface area contributed by atoms with Crippen molar-refractivity contribution < 1.29 is 4.79 Å². The fourth-order valence-electron chi connectivity index (χ4n) is 2.76. The molecule has 3 N–H and O–H groups in total. The Bertz CT molecular complexity index is 856. The van der Waals surface area contributed by atoms with E-state index in [1.54, 1.807) is 24.7 Å². The number of amides is 2. The van der Waals surface area contributed by atoms with Gasteiger partial charge in [0.05, 0.1) is 17.2 Å². The van der Waals surface area contributed by atoms with Crippen molar-refractivity contribution in [3.8, 4) is 11.1 Å². The zero-order valence-electron chi connectivity index (χ0n) is 13.0. The van der Waals surface area contributed by atoms with E-state index in [1.165, 1.54) is 0 Å². The van der Waals surface area contributed by atoms with E-state index >= 15 is 0 Å². The number of nitrogens with zero attached hydrogens (tertiary/aromatic N) is 4. The van der Waals surface area contributed by atoms with Crippen LogP contribution < -0.4 is 10.7 Å². The van der Waals surface area contributed by atoms with Crippen LogP contribution in [0.25, 0.3) is 22.2 Å². The quantitative estimate of drug-likeness (QED) is 0.686. The summed E-state index contributed by atoms with van der Waals surface area (Å²) >= 11 is 0. The van der Waals surface area contributed by atoms with Crippen molar-refractivity contribution in [2.75, 3.05) is 18.4 Å². The van der Waals surface area contributed by atoms with Gasteiger partial charge in [0.2, 0.25) is 0 Å². The molecule has 0 spiro atoms. The standard InChI is InChI=1S/C16H17N7O/c24-16(22-23-5-1-2-6-23)21-15-4-3-13-14(20-15)7-11(8-17-13)12-9-18-19-10-12/h3-4,7-10H,1-2,5-6H2,(H,18,19)(H2,20,21,22,24). The van der Waals surface area contributed by atoms with E-state index in [0.717, 1.165) is 42.6 Å². The second kappa shape index (κ2) is 6.25. The molecule has 8 heteroatoms. The number of urea groups is 1. The molecular weight excluding hydrogens is 306 g/mol. The topological polar surface area (TPSA) is 98.8 Å². The van der Waals surface area contributed by atoms with E-state index in [1.807, 2.05) is 17.1 Å². The third kappa shape index (κ3) is 3.04. The number of fused-ring (bicyclic) bond motifs is 1. The predicted octanol–water partition coefficient (Wildman–Crippen LogP) is 2.15. The Kier molecular flexibility index (Phi) is 3.80. The van der Waals surface area contributed by atoms with Crippen LogP contribution in [0.15, 0.2) is 36.8 Å². The van der Waals surface area contributed by atoms with Crippen LogP contribution in [0.3, 0.4) is 0 Å². The van der Waals surface area contributed by atoms with Gasteiger partial charge in [-0.3, -0.25) is 20.8 Å². The van der Waals surface area contributed by atoms with Crippen LogP contribution in [0.5, 0.6) is 0 Å².